The first-order valence-electron chi connectivity index (χ1n) is 20.3. The van der Waals surface area contributed by atoms with E-state index in [0.29, 0.717) is 11.4 Å². The fourth-order valence-electron chi connectivity index (χ4n) is 6.96. The summed E-state index contributed by atoms with van der Waals surface area (Å²) in [5.41, 5.74) is 12.4. The molecule has 0 aliphatic carbocycles. The summed E-state index contributed by atoms with van der Waals surface area (Å²) in [6, 6.07) is 64.8. The molecular weight excluding hydrogens is 639 g/mol. The average molecular weight is 681 g/mol. The molecule has 0 unspecified atom stereocenters. The summed E-state index contributed by atoms with van der Waals surface area (Å²) in [6.07, 6.45) is 0. The van der Waals surface area contributed by atoms with Crippen molar-refractivity contribution >= 4 is 27.8 Å². The average Bonchev–Trinajstić information content (AvgIpc) is 3.29. The van der Waals surface area contributed by atoms with E-state index in [-0.39, 0.29) is 29.9 Å². The Morgan fingerprint density at radius 2 is 0.642 bits per heavy atom. The van der Waals surface area contributed by atoms with Crippen molar-refractivity contribution in [1.82, 2.24) is 0 Å². The summed E-state index contributed by atoms with van der Waals surface area (Å²) in [5, 5.41) is 2.44. The van der Waals surface area contributed by atoms with Crippen molar-refractivity contribution in [3.8, 4) is 55.6 Å². The van der Waals surface area contributed by atoms with Gasteiger partial charge in [-0.15, -0.1) is 0 Å². The maximum absolute atomic E-state index is 8.88. The third kappa shape index (κ3) is 6.77. The van der Waals surface area contributed by atoms with Crippen LogP contribution in [0.3, 0.4) is 0 Å². The highest BCUT2D eigenvalue weighted by molar-refractivity contribution is 5.88. The second kappa shape index (κ2) is 14.3. The standard InChI is InChI=1S/C52H37N/c1-3-10-38(11-4-1)40-18-20-41(21-19-40)43-28-32-51(33-29-43)53(50-16-5-2-6-17-50)52-34-30-44(31-35-52)42-22-24-45(25-23-42)47-14-9-15-48(36-47)49-27-26-39-12-7-8-13-46(39)37-49/h1-37H/i2D,5D,6D,16D,17D. The quantitative estimate of drug-likeness (QED) is 0.154. The highest BCUT2D eigenvalue weighted by Crippen LogP contribution is 2.37. The first-order valence-corrected chi connectivity index (χ1v) is 17.8. The Kier molecular flexibility index (Phi) is 7.25. The second-order valence-corrected chi connectivity index (χ2v) is 13.1. The summed E-state index contributed by atoms with van der Waals surface area (Å²) >= 11 is 0. The Balaban J connectivity index is 1.01. The van der Waals surface area contributed by atoms with Crippen LogP contribution in [0.15, 0.2) is 224 Å². The fraction of sp³-hybridized carbons (Fsp3) is 0. The molecular formula is C52H37N. The van der Waals surface area contributed by atoms with Crippen LogP contribution in [0.1, 0.15) is 6.85 Å². The molecule has 0 saturated carbocycles. The highest BCUT2D eigenvalue weighted by Gasteiger charge is 2.13. The molecule has 0 heterocycles. The van der Waals surface area contributed by atoms with Crippen LogP contribution in [0.5, 0.6) is 0 Å². The third-order valence-electron chi connectivity index (χ3n) is 9.78. The zero-order chi connectivity index (χ0) is 39.8. The highest BCUT2D eigenvalue weighted by atomic mass is 15.1. The molecule has 0 atom stereocenters. The van der Waals surface area contributed by atoms with Crippen molar-refractivity contribution in [3.63, 3.8) is 0 Å². The van der Waals surface area contributed by atoms with Crippen molar-refractivity contribution in [2.75, 3.05) is 4.90 Å². The zero-order valence-corrected chi connectivity index (χ0v) is 28.9. The lowest BCUT2D eigenvalue weighted by Gasteiger charge is -2.26. The molecule has 0 radical (unpaired) electrons. The topological polar surface area (TPSA) is 3.24 Å². The predicted molar refractivity (Wildman–Crippen MR) is 226 cm³/mol. The van der Waals surface area contributed by atoms with E-state index in [1.165, 1.54) is 21.9 Å². The molecule has 0 aliphatic heterocycles. The predicted octanol–water partition coefficient (Wildman–Crippen LogP) is 14.6. The van der Waals surface area contributed by atoms with Gasteiger partial charge in [0, 0.05) is 17.1 Å². The van der Waals surface area contributed by atoms with E-state index in [9.17, 15) is 0 Å². The molecule has 53 heavy (non-hydrogen) atoms. The van der Waals surface area contributed by atoms with E-state index < -0.39 is 6.04 Å². The smallest absolute Gasteiger partial charge is 0.0645 e. The van der Waals surface area contributed by atoms with Crippen molar-refractivity contribution < 1.29 is 6.85 Å². The summed E-state index contributed by atoms with van der Waals surface area (Å²) in [4.78, 5) is 1.75. The van der Waals surface area contributed by atoms with E-state index in [1.807, 2.05) is 66.7 Å². The maximum Gasteiger partial charge on any atom is 0.0645 e. The third-order valence-corrected chi connectivity index (χ3v) is 9.78. The van der Waals surface area contributed by atoms with E-state index >= 15 is 0 Å². The van der Waals surface area contributed by atoms with E-state index in [4.69, 9.17) is 6.85 Å². The molecule has 9 rings (SSSR count). The molecule has 0 aromatic heterocycles. The van der Waals surface area contributed by atoms with Crippen LogP contribution in [0.25, 0.3) is 66.4 Å². The first-order chi connectivity index (χ1) is 28.3. The number of hydrogen-bond acceptors (Lipinski definition) is 1. The molecule has 1 heteroatoms. The number of hydrogen-bond donors (Lipinski definition) is 0. The largest absolute Gasteiger partial charge is 0.311 e. The van der Waals surface area contributed by atoms with Crippen LogP contribution in [0.4, 0.5) is 17.1 Å². The Labute approximate surface area is 318 Å². The zero-order valence-electron chi connectivity index (χ0n) is 33.9. The van der Waals surface area contributed by atoms with Gasteiger partial charge in [-0.3, -0.25) is 0 Å². The molecule has 9 aromatic rings. The lowest BCUT2D eigenvalue weighted by molar-refractivity contribution is 1.28. The van der Waals surface area contributed by atoms with Crippen LogP contribution < -0.4 is 4.90 Å². The van der Waals surface area contributed by atoms with Crippen molar-refractivity contribution in [2.24, 2.45) is 0 Å². The van der Waals surface area contributed by atoms with Gasteiger partial charge >= 0.3 is 0 Å². The number of fused-ring (bicyclic) bond motifs is 1. The van der Waals surface area contributed by atoms with Gasteiger partial charge in [0.2, 0.25) is 0 Å². The van der Waals surface area contributed by atoms with Gasteiger partial charge in [0.1, 0.15) is 0 Å². The molecule has 0 spiro atoms. The molecule has 0 aliphatic rings. The van der Waals surface area contributed by atoms with Gasteiger partial charge in [-0.25, -0.2) is 0 Å². The molecule has 9 aromatic carbocycles. The van der Waals surface area contributed by atoms with Crippen LogP contribution in [-0.2, 0) is 0 Å². The number of anilines is 3. The van der Waals surface area contributed by atoms with E-state index in [0.717, 1.165) is 44.5 Å². The number of benzene rings is 9. The Bertz CT molecular complexity index is 2880. The Morgan fingerprint density at radius 1 is 0.264 bits per heavy atom. The minimum absolute atomic E-state index is 0.0917. The molecule has 0 bridgehead atoms. The van der Waals surface area contributed by atoms with Gasteiger partial charge in [-0.2, -0.15) is 0 Å². The molecule has 0 N–H and O–H groups in total. The summed E-state index contributed by atoms with van der Waals surface area (Å²) in [7, 11) is 0. The number of para-hydroxylation sites is 1. The SMILES string of the molecule is [2H]c1c([2H])c([2H])c(N(c2ccc(-c3ccc(-c4ccccc4)cc3)cc2)c2ccc(-c3ccc(-c4cccc(-c5ccc6ccccc6c5)c4)cc3)cc2)c([2H])c1[2H]. The normalized spacial score (nSPS) is 12.3. The maximum atomic E-state index is 8.88. The molecule has 0 saturated heterocycles. The minimum Gasteiger partial charge on any atom is -0.311 e. The molecule has 0 fully saturated rings. The first kappa shape index (κ1) is 26.8. The van der Waals surface area contributed by atoms with Crippen molar-refractivity contribution in [1.29, 1.82) is 0 Å². The van der Waals surface area contributed by atoms with Crippen molar-refractivity contribution in [3.05, 3.63) is 224 Å². The van der Waals surface area contributed by atoms with Gasteiger partial charge in [0.15, 0.2) is 0 Å². The number of rotatable bonds is 8. The van der Waals surface area contributed by atoms with Gasteiger partial charge in [0.05, 0.1) is 6.85 Å². The van der Waals surface area contributed by atoms with Gasteiger partial charge < -0.3 is 4.90 Å². The monoisotopic (exact) mass is 680 g/mol. The Hall–Kier alpha value is -6.96. The lowest BCUT2D eigenvalue weighted by atomic mass is 9.96. The second-order valence-electron chi connectivity index (χ2n) is 13.1. The van der Waals surface area contributed by atoms with Crippen LogP contribution in [-0.4, -0.2) is 0 Å². The summed E-state index contributed by atoms with van der Waals surface area (Å²) in [5.74, 6) is 0. The fourth-order valence-corrected chi connectivity index (χ4v) is 6.96. The van der Waals surface area contributed by atoms with Gasteiger partial charge in [-0.1, -0.05) is 176 Å². The number of nitrogens with zero attached hydrogens (tertiary/aromatic N) is 1. The summed E-state index contributed by atoms with van der Waals surface area (Å²) in [6.45, 7) is 0. The van der Waals surface area contributed by atoms with Gasteiger partial charge in [-0.05, 0) is 115 Å². The lowest BCUT2D eigenvalue weighted by Crippen LogP contribution is -2.09. The molecule has 250 valence electrons. The van der Waals surface area contributed by atoms with E-state index in [2.05, 4.69) is 127 Å². The minimum atomic E-state index is -0.424. The van der Waals surface area contributed by atoms with Crippen LogP contribution in [0.2, 0.25) is 0 Å². The van der Waals surface area contributed by atoms with Crippen LogP contribution in [0, 0.1) is 0 Å². The molecule has 1 nitrogen and oxygen atoms in total. The summed E-state index contributed by atoms with van der Waals surface area (Å²) < 4.78 is 42.9. The van der Waals surface area contributed by atoms with Crippen LogP contribution >= 0.6 is 0 Å². The van der Waals surface area contributed by atoms with E-state index in [1.54, 1.807) is 4.90 Å². The molecule has 0 amide bonds. The van der Waals surface area contributed by atoms with Crippen molar-refractivity contribution in [2.45, 2.75) is 0 Å². The van der Waals surface area contributed by atoms with Gasteiger partial charge in [0.25, 0.3) is 0 Å². The Morgan fingerprint density at radius 3 is 1.19 bits per heavy atom.